The van der Waals surface area contributed by atoms with Crippen LogP contribution < -0.4 is 26.5 Å². The number of likely N-dealkylation sites (N-methyl/N-ethyl adjacent to an activating group) is 1. The summed E-state index contributed by atoms with van der Waals surface area (Å²) in [4.78, 5) is 0. The molecule has 0 aromatic heterocycles. The summed E-state index contributed by atoms with van der Waals surface area (Å²) in [5.74, 6) is 2.42. The van der Waals surface area contributed by atoms with Gasteiger partial charge in [0.15, 0.2) is 0 Å². The quantitative estimate of drug-likeness (QED) is 0.179. The van der Waals surface area contributed by atoms with Gasteiger partial charge in [-0.05, 0) is 65.6 Å². The number of rotatable bonds is 15. The van der Waals surface area contributed by atoms with Crippen LogP contribution in [0.1, 0.15) is 58.6 Å². The van der Waals surface area contributed by atoms with E-state index in [1.165, 1.54) is 11.1 Å². The molecule has 0 fully saturated rings. The first-order chi connectivity index (χ1) is 16.4. The van der Waals surface area contributed by atoms with Gasteiger partial charge in [-0.3, -0.25) is 0 Å². The maximum Gasteiger partial charge on any atom is 0.119 e. The van der Waals surface area contributed by atoms with E-state index in [-0.39, 0.29) is 22.4 Å². The highest BCUT2D eigenvalue weighted by Crippen LogP contribution is 2.36. The highest BCUT2D eigenvalue weighted by atomic mass is 79.9. The van der Waals surface area contributed by atoms with Gasteiger partial charge in [-0.15, -0.1) is 11.6 Å². The Hall–Kier alpha value is -1.27. The Kier molecular flexibility index (Phi) is 13.8. The molecular weight excluding hydrogens is 538 g/mol. The van der Waals surface area contributed by atoms with Crippen molar-refractivity contribution in [2.75, 3.05) is 52.9 Å². The van der Waals surface area contributed by atoms with Crippen molar-refractivity contribution in [3.63, 3.8) is 0 Å². The van der Waals surface area contributed by atoms with Crippen LogP contribution in [0, 0.1) is 5.41 Å². The van der Waals surface area contributed by atoms with Crippen molar-refractivity contribution in [3.05, 3.63) is 59.7 Å². The minimum absolute atomic E-state index is 0. The molecule has 0 bridgehead atoms. The Labute approximate surface area is 235 Å². The lowest BCUT2D eigenvalue weighted by Gasteiger charge is -2.33. The van der Waals surface area contributed by atoms with Crippen molar-refractivity contribution in [1.29, 1.82) is 0 Å². The van der Waals surface area contributed by atoms with Crippen LogP contribution in [-0.4, -0.2) is 57.4 Å². The zero-order chi connectivity index (χ0) is 26.0. The Morgan fingerprint density at radius 1 is 0.750 bits per heavy atom. The number of hydrogen-bond acceptors (Lipinski definition) is 3. The Bertz CT molecular complexity index is 861. The zero-order valence-electron chi connectivity index (χ0n) is 23.4. The van der Waals surface area contributed by atoms with E-state index in [1.54, 1.807) is 0 Å². The first-order valence-electron chi connectivity index (χ1n) is 12.8. The molecule has 6 heteroatoms. The maximum absolute atomic E-state index is 5.90. The van der Waals surface area contributed by atoms with Crippen LogP contribution in [0.4, 0.5) is 0 Å². The molecule has 36 heavy (non-hydrogen) atoms. The average Bonchev–Trinajstić information content (AvgIpc) is 2.76. The van der Waals surface area contributed by atoms with Crippen LogP contribution in [0.3, 0.4) is 0 Å². The van der Waals surface area contributed by atoms with Crippen LogP contribution in [0.2, 0.25) is 0 Å². The molecule has 2 aromatic rings. The summed E-state index contributed by atoms with van der Waals surface area (Å²) in [7, 11) is 4.46. The maximum atomic E-state index is 5.90. The first kappa shape index (κ1) is 32.8. The van der Waals surface area contributed by atoms with E-state index >= 15 is 0 Å². The number of ether oxygens (including phenoxy) is 3. The second-order valence-electron chi connectivity index (χ2n) is 12.0. The highest BCUT2D eigenvalue weighted by molar-refractivity contribution is 6.17. The monoisotopic (exact) mass is 583 g/mol. The number of quaternary nitrogens is 1. The Morgan fingerprint density at radius 2 is 1.31 bits per heavy atom. The van der Waals surface area contributed by atoms with Crippen LogP contribution >= 0.6 is 11.6 Å². The summed E-state index contributed by atoms with van der Waals surface area (Å²) in [6.45, 7) is 15.9. The van der Waals surface area contributed by atoms with E-state index in [4.69, 9.17) is 25.8 Å². The zero-order valence-corrected chi connectivity index (χ0v) is 25.8. The molecule has 4 nitrogen and oxygen atoms in total. The van der Waals surface area contributed by atoms with Crippen molar-refractivity contribution in [1.82, 2.24) is 0 Å². The number of benzene rings is 2. The summed E-state index contributed by atoms with van der Waals surface area (Å²) in [5.41, 5.74) is 3.08. The highest BCUT2D eigenvalue weighted by Gasteiger charge is 2.27. The smallest absolute Gasteiger partial charge is 0.119 e. The second-order valence-corrected chi connectivity index (χ2v) is 12.3. The summed E-state index contributed by atoms with van der Waals surface area (Å²) in [6.07, 6.45) is 2.00. The normalized spacial score (nSPS) is 12.2. The molecule has 0 unspecified atom stereocenters. The molecule has 0 radical (unpaired) electrons. The summed E-state index contributed by atoms with van der Waals surface area (Å²) in [5, 5.41) is 0. The molecule has 0 aliphatic carbocycles. The standard InChI is InChI=1S/C30H47ClNO3.BrH/c1-29(2,3)24-30(4,5)26-11-15-28(16-12-26)35-22-21-33-20-18-32(6,7)23-25-9-13-27(14-10-25)34-19-8-17-31;/h9-16H,8,17-24H2,1-7H3;1H/q+1;/p-1. The van der Waals surface area contributed by atoms with E-state index in [9.17, 15) is 0 Å². The molecule has 0 saturated heterocycles. The van der Waals surface area contributed by atoms with E-state index in [2.05, 4.69) is 85.1 Å². The van der Waals surface area contributed by atoms with Crippen molar-refractivity contribution < 1.29 is 35.7 Å². The van der Waals surface area contributed by atoms with Gasteiger partial charge < -0.3 is 35.7 Å². The number of hydrogen-bond donors (Lipinski definition) is 0. The lowest BCUT2D eigenvalue weighted by Crippen LogP contribution is -3.00. The van der Waals surface area contributed by atoms with Gasteiger partial charge in [0.1, 0.15) is 31.2 Å². The van der Waals surface area contributed by atoms with Crippen molar-refractivity contribution >= 4 is 11.6 Å². The van der Waals surface area contributed by atoms with Crippen molar-refractivity contribution in [3.8, 4) is 11.5 Å². The molecule has 0 saturated carbocycles. The molecule has 0 N–H and O–H groups in total. The molecule has 0 amide bonds. The van der Waals surface area contributed by atoms with E-state index in [0.717, 1.165) is 41.9 Å². The van der Waals surface area contributed by atoms with Gasteiger partial charge in [-0.25, -0.2) is 0 Å². The fourth-order valence-electron chi connectivity index (χ4n) is 4.57. The fraction of sp³-hybridized carbons (Fsp3) is 0.600. The van der Waals surface area contributed by atoms with E-state index in [0.29, 0.717) is 37.7 Å². The van der Waals surface area contributed by atoms with Gasteiger partial charge in [0.05, 0.1) is 33.9 Å². The Morgan fingerprint density at radius 3 is 1.86 bits per heavy atom. The van der Waals surface area contributed by atoms with Crippen molar-refractivity contribution in [2.45, 2.75) is 59.4 Å². The molecular formula is C30H47BrClNO3. The van der Waals surface area contributed by atoms with Gasteiger partial charge in [-0.1, -0.05) is 46.8 Å². The third-order valence-electron chi connectivity index (χ3n) is 6.03. The van der Waals surface area contributed by atoms with Crippen LogP contribution in [-0.2, 0) is 16.7 Å². The number of halogens is 2. The molecule has 204 valence electrons. The summed E-state index contributed by atoms with van der Waals surface area (Å²) in [6, 6.07) is 16.9. The van der Waals surface area contributed by atoms with Crippen LogP contribution in [0.25, 0.3) is 0 Å². The lowest BCUT2D eigenvalue weighted by atomic mass is 9.72. The third kappa shape index (κ3) is 12.8. The topological polar surface area (TPSA) is 27.7 Å². The molecule has 0 aliphatic heterocycles. The molecule has 0 spiro atoms. The predicted molar refractivity (Wildman–Crippen MR) is 148 cm³/mol. The first-order valence-corrected chi connectivity index (χ1v) is 13.3. The second kappa shape index (κ2) is 15.2. The van der Waals surface area contributed by atoms with Crippen LogP contribution in [0.15, 0.2) is 48.5 Å². The Balaban J connectivity index is 0.00000648. The molecule has 0 atom stereocenters. The van der Waals surface area contributed by atoms with Gasteiger partial charge in [-0.2, -0.15) is 0 Å². The van der Waals surface area contributed by atoms with Gasteiger partial charge >= 0.3 is 0 Å². The minimum Gasteiger partial charge on any atom is -1.00 e. The fourth-order valence-corrected chi connectivity index (χ4v) is 4.68. The SMILES string of the molecule is CC(C)(C)CC(C)(C)c1ccc(OCCOCC[N+](C)(C)Cc2ccc(OCCCCl)cc2)cc1.[Br-]. The predicted octanol–water partition coefficient (Wildman–Crippen LogP) is 4.08. The molecule has 0 heterocycles. The van der Waals surface area contributed by atoms with E-state index < -0.39 is 0 Å². The summed E-state index contributed by atoms with van der Waals surface area (Å²) >= 11 is 5.70. The number of alkyl halides is 1. The average molecular weight is 585 g/mol. The van der Waals surface area contributed by atoms with Gasteiger partial charge in [0.2, 0.25) is 0 Å². The van der Waals surface area contributed by atoms with Gasteiger partial charge in [0, 0.05) is 11.4 Å². The van der Waals surface area contributed by atoms with Gasteiger partial charge in [0.25, 0.3) is 0 Å². The largest absolute Gasteiger partial charge is 1.00 e. The minimum atomic E-state index is 0. The third-order valence-corrected chi connectivity index (χ3v) is 6.29. The van der Waals surface area contributed by atoms with Crippen molar-refractivity contribution in [2.24, 2.45) is 5.41 Å². The lowest BCUT2D eigenvalue weighted by molar-refractivity contribution is -0.904. The molecule has 2 rings (SSSR count). The molecule has 2 aromatic carbocycles. The number of nitrogens with zero attached hydrogens (tertiary/aromatic N) is 1. The van der Waals surface area contributed by atoms with Crippen LogP contribution in [0.5, 0.6) is 11.5 Å². The summed E-state index contributed by atoms with van der Waals surface area (Å²) < 4.78 is 18.3. The van der Waals surface area contributed by atoms with E-state index in [1.807, 2.05) is 12.1 Å². The molecule has 0 aliphatic rings.